The Morgan fingerprint density at radius 2 is 1.87 bits per heavy atom. The van der Waals surface area contributed by atoms with Crippen molar-refractivity contribution in [1.29, 1.82) is 10.7 Å². The van der Waals surface area contributed by atoms with Crippen molar-refractivity contribution in [2.24, 2.45) is 5.92 Å². The van der Waals surface area contributed by atoms with Crippen molar-refractivity contribution in [1.82, 2.24) is 0 Å². The number of ether oxygens (including phenoxy) is 2. The molecule has 0 aliphatic carbocycles. The number of hydrogen-bond acceptors (Lipinski definition) is 6. The van der Waals surface area contributed by atoms with E-state index in [1.54, 1.807) is 6.07 Å². The number of alkyl halides is 3. The van der Waals surface area contributed by atoms with Crippen LogP contribution in [0, 0.1) is 22.7 Å². The Kier molecular flexibility index (Phi) is 5.84. The van der Waals surface area contributed by atoms with Crippen LogP contribution < -0.4 is 4.74 Å². The fourth-order valence-electron chi connectivity index (χ4n) is 1.51. The molecule has 1 atom stereocenters. The Morgan fingerprint density at radius 1 is 1.30 bits per heavy atom. The van der Waals surface area contributed by atoms with Crippen LogP contribution in [-0.2, 0) is 9.53 Å². The first-order valence-corrected chi connectivity index (χ1v) is 6.14. The summed E-state index contributed by atoms with van der Waals surface area (Å²) in [5.74, 6) is -3.51. The highest BCUT2D eigenvalue weighted by Crippen LogP contribution is 2.22. The molecule has 0 saturated carbocycles. The number of hydrogen-bond donors (Lipinski definition) is 1. The third-order valence-electron chi connectivity index (χ3n) is 2.55. The molecule has 0 saturated heterocycles. The molecule has 1 N–H and O–H groups in total. The largest absolute Gasteiger partial charge is 0.573 e. The van der Waals surface area contributed by atoms with E-state index in [-0.39, 0.29) is 11.3 Å². The number of carbonyl (C=O) groups is 2. The van der Waals surface area contributed by atoms with E-state index in [4.69, 9.17) is 10.7 Å². The van der Waals surface area contributed by atoms with Crippen LogP contribution in [0.1, 0.15) is 17.3 Å². The molecule has 1 rings (SSSR count). The Labute approximate surface area is 128 Å². The first-order valence-electron chi connectivity index (χ1n) is 6.14. The number of Topliss-reactive ketones (excluding diaryl/α,β-unsaturated/α-hetero) is 1. The van der Waals surface area contributed by atoms with E-state index in [1.165, 1.54) is 6.92 Å². The number of nitrogens with zero attached hydrogens (tertiary/aromatic N) is 1. The van der Waals surface area contributed by atoms with Gasteiger partial charge in [-0.15, -0.1) is 13.2 Å². The maximum atomic E-state index is 12.0. The van der Waals surface area contributed by atoms with E-state index < -0.39 is 36.4 Å². The lowest BCUT2D eigenvalue weighted by atomic mass is 10.0. The van der Waals surface area contributed by atoms with E-state index in [1.807, 2.05) is 0 Å². The second-order valence-corrected chi connectivity index (χ2v) is 4.36. The smallest absolute Gasteiger partial charge is 0.454 e. The van der Waals surface area contributed by atoms with Gasteiger partial charge in [0.1, 0.15) is 11.7 Å². The first kappa shape index (κ1) is 18.2. The van der Waals surface area contributed by atoms with Crippen LogP contribution in [0.4, 0.5) is 13.2 Å². The van der Waals surface area contributed by atoms with Gasteiger partial charge in [0, 0.05) is 5.71 Å². The molecule has 0 aliphatic rings. The van der Waals surface area contributed by atoms with Crippen LogP contribution in [0.3, 0.4) is 0 Å². The number of carbonyl (C=O) groups excluding carboxylic acids is 2. The monoisotopic (exact) mass is 328 g/mol. The molecule has 1 aromatic rings. The van der Waals surface area contributed by atoms with E-state index in [0.717, 1.165) is 24.3 Å². The van der Waals surface area contributed by atoms with Crippen LogP contribution in [0.15, 0.2) is 24.3 Å². The lowest BCUT2D eigenvalue weighted by Crippen LogP contribution is -2.25. The molecule has 0 spiro atoms. The van der Waals surface area contributed by atoms with Crippen LogP contribution in [0.25, 0.3) is 0 Å². The standard InChI is InChI=1S/C14H11F3N2O4/c1-8(19)11(6-18)12(20)7-22-13(21)9-2-4-10(5-3-9)23-14(15,16)17/h2-5,11,19H,7H2,1H3. The minimum atomic E-state index is -4.84. The van der Waals surface area contributed by atoms with Gasteiger partial charge in [0.25, 0.3) is 0 Å². The number of rotatable bonds is 6. The molecule has 0 radical (unpaired) electrons. The zero-order valence-corrected chi connectivity index (χ0v) is 11.8. The summed E-state index contributed by atoms with van der Waals surface area (Å²) in [6, 6.07) is 5.53. The Hall–Kier alpha value is -2.89. The van der Waals surface area contributed by atoms with Gasteiger partial charge in [-0.3, -0.25) is 4.79 Å². The van der Waals surface area contributed by atoms with Gasteiger partial charge in [0.05, 0.1) is 11.6 Å². The topological polar surface area (TPSA) is 100 Å². The van der Waals surface area contributed by atoms with Crippen molar-refractivity contribution < 1.29 is 32.2 Å². The Bertz CT molecular complexity index is 647. The molecule has 0 fully saturated rings. The van der Waals surface area contributed by atoms with Gasteiger partial charge in [-0.25, -0.2) is 4.79 Å². The van der Waals surface area contributed by atoms with Gasteiger partial charge in [-0.2, -0.15) is 5.26 Å². The summed E-state index contributed by atoms with van der Waals surface area (Å²) >= 11 is 0. The van der Waals surface area contributed by atoms with Gasteiger partial charge in [0.2, 0.25) is 0 Å². The molecular formula is C14H11F3N2O4. The molecule has 0 amide bonds. The average Bonchev–Trinajstić information content (AvgIpc) is 2.44. The number of ketones is 1. The van der Waals surface area contributed by atoms with Crippen molar-refractivity contribution in [3.8, 4) is 11.8 Å². The van der Waals surface area contributed by atoms with Gasteiger partial charge < -0.3 is 14.9 Å². The molecule has 23 heavy (non-hydrogen) atoms. The fourth-order valence-corrected chi connectivity index (χ4v) is 1.51. The molecule has 0 bridgehead atoms. The Balaban J connectivity index is 2.64. The molecule has 0 aromatic heterocycles. The Morgan fingerprint density at radius 3 is 2.30 bits per heavy atom. The van der Waals surface area contributed by atoms with E-state index in [0.29, 0.717) is 0 Å². The molecule has 0 heterocycles. The van der Waals surface area contributed by atoms with Crippen LogP contribution in [0.2, 0.25) is 0 Å². The quantitative estimate of drug-likeness (QED) is 0.639. The lowest BCUT2D eigenvalue weighted by Gasteiger charge is -2.10. The van der Waals surface area contributed by atoms with Crippen LogP contribution in [0.5, 0.6) is 5.75 Å². The predicted octanol–water partition coefficient (Wildman–Crippen LogP) is 2.49. The van der Waals surface area contributed by atoms with Crippen LogP contribution >= 0.6 is 0 Å². The molecule has 1 aromatic carbocycles. The molecule has 9 heteroatoms. The van der Waals surface area contributed by atoms with Gasteiger partial charge in [-0.1, -0.05) is 0 Å². The van der Waals surface area contributed by atoms with Crippen molar-refractivity contribution in [3.63, 3.8) is 0 Å². The molecule has 6 nitrogen and oxygen atoms in total. The van der Waals surface area contributed by atoms with E-state index in [2.05, 4.69) is 9.47 Å². The number of benzene rings is 1. The minimum Gasteiger partial charge on any atom is -0.454 e. The SMILES string of the molecule is CC(=N)C(C#N)C(=O)COC(=O)c1ccc(OC(F)(F)F)cc1. The highest BCUT2D eigenvalue weighted by atomic mass is 19.4. The fraction of sp³-hybridized carbons (Fsp3) is 0.286. The highest BCUT2D eigenvalue weighted by molar-refractivity contribution is 6.06. The maximum Gasteiger partial charge on any atom is 0.573 e. The summed E-state index contributed by atoms with van der Waals surface area (Å²) in [7, 11) is 0. The van der Waals surface area contributed by atoms with Crippen molar-refractivity contribution in [3.05, 3.63) is 29.8 Å². The zero-order chi connectivity index (χ0) is 17.6. The third kappa shape index (κ3) is 5.78. The number of nitrogens with one attached hydrogen (secondary N) is 1. The molecule has 0 aliphatic heterocycles. The number of nitriles is 1. The average molecular weight is 328 g/mol. The number of halogens is 3. The molecule has 1 unspecified atom stereocenters. The van der Waals surface area contributed by atoms with Crippen molar-refractivity contribution in [2.45, 2.75) is 13.3 Å². The second kappa shape index (κ2) is 7.40. The third-order valence-corrected chi connectivity index (χ3v) is 2.55. The molecule has 122 valence electrons. The second-order valence-electron chi connectivity index (χ2n) is 4.36. The van der Waals surface area contributed by atoms with Crippen molar-refractivity contribution >= 4 is 17.5 Å². The minimum absolute atomic E-state index is 0.0904. The lowest BCUT2D eigenvalue weighted by molar-refractivity contribution is -0.274. The van der Waals surface area contributed by atoms with Crippen LogP contribution in [-0.4, -0.2) is 30.4 Å². The molecular weight excluding hydrogens is 317 g/mol. The summed E-state index contributed by atoms with van der Waals surface area (Å²) in [6.07, 6.45) is -4.84. The number of esters is 1. The van der Waals surface area contributed by atoms with E-state index >= 15 is 0 Å². The maximum absolute atomic E-state index is 12.0. The van der Waals surface area contributed by atoms with Crippen molar-refractivity contribution in [2.75, 3.05) is 6.61 Å². The zero-order valence-electron chi connectivity index (χ0n) is 11.8. The van der Waals surface area contributed by atoms with Gasteiger partial charge in [0.15, 0.2) is 12.4 Å². The summed E-state index contributed by atoms with van der Waals surface area (Å²) in [4.78, 5) is 23.2. The summed E-state index contributed by atoms with van der Waals surface area (Å²) < 4.78 is 44.3. The highest BCUT2D eigenvalue weighted by Gasteiger charge is 2.31. The first-order chi connectivity index (χ1) is 10.6. The van der Waals surface area contributed by atoms with Gasteiger partial charge >= 0.3 is 12.3 Å². The van der Waals surface area contributed by atoms with E-state index in [9.17, 15) is 22.8 Å². The normalized spacial score (nSPS) is 12.0. The van der Waals surface area contributed by atoms with Gasteiger partial charge in [-0.05, 0) is 31.2 Å². The predicted molar refractivity (Wildman–Crippen MR) is 70.9 cm³/mol. The summed E-state index contributed by atoms with van der Waals surface area (Å²) in [5.41, 5.74) is -0.269. The summed E-state index contributed by atoms with van der Waals surface area (Å²) in [5, 5.41) is 16.0. The summed E-state index contributed by atoms with van der Waals surface area (Å²) in [6.45, 7) is 0.557.